The SMILES string of the molecule is COc1ccccc1N1CCN(c2ccc(NC(=O)c3ccc([N+](=O)[O-])cc3)cc2C(=O)NCCN2CCOCC2)CC1. The van der Waals surface area contributed by atoms with Crippen molar-refractivity contribution in [3.63, 3.8) is 0 Å². The van der Waals surface area contributed by atoms with Gasteiger partial charge in [0.15, 0.2) is 0 Å². The predicted octanol–water partition coefficient (Wildman–Crippen LogP) is 3.24. The summed E-state index contributed by atoms with van der Waals surface area (Å²) in [5.74, 6) is 0.179. The van der Waals surface area contributed by atoms with Crippen LogP contribution in [-0.4, -0.2) is 94.3 Å². The molecular weight excluding hydrogens is 552 g/mol. The predicted molar refractivity (Wildman–Crippen MR) is 165 cm³/mol. The van der Waals surface area contributed by atoms with E-state index in [1.807, 2.05) is 30.3 Å². The zero-order valence-corrected chi connectivity index (χ0v) is 24.2. The lowest BCUT2D eigenvalue weighted by atomic mass is 10.1. The van der Waals surface area contributed by atoms with E-state index in [-0.39, 0.29) is 17.2 Å². The average Bonchev–Trinajstić information content (AvgIpc) is 3.05. The van der Waals surface area contributed by atoms with Crippen LogP contribution in [0.3, 0.4) is 0 Å². The van der Waals surface area contributed by atoms with Gasteiger partial charge in [0.1, 0.15) is 5.75 Å². The van der Waals surface area contributed by atoms with E-state index < -0.39 is 10.8 Å². The molecule has 0 aliphatic carbocycles. The number of ether oxygens (including phenoxy) is 2. The summed E-state index contributed by atoms with van der Waals surface area (Å²) in [6.45, 7) is 7.14. The normalized spacial score (nSPS) is 15.6. The lowest BCUT2D eigenvalue weighted by molar-refractivity contribution is -0.384. The van der Waals surface area contributed by atoms with Crippen LogP contribution in [0, 0.1) is 10.1 Å². The smallest absolute Gasteiger partial charge is 0.269 e. The van der Waals surface area contributed by atoms with Gasteiger partial charge in [-0.1, -0.05) is 12.1 Å². The summed E-state index contributed by atoms with van der Waals surface area (Å²) >= 11 is 0. The number of amides is 2. The molecule has 2 heterocycles. The summed E-state index contributed by atoms with van der Waals surface area (Å²) in [6, 6.07) is 18.6. The number of hydrogen-bond acceptors (Lipinski definition) is 9. The molecule has 5 rings (SSSR count). The number of benzene rings is 3. The number of nitrogens with one attached hydrogen (secondary N) is 2. The van der Waals surface area contributed by atoms with Crippen molar-refractivity contribution in [3.05, 3.63) is 88.0 Å². The van der Waals surface area contributed by atoms with Crippen molar-refractivity contribution < 1.29 is 24.0 Å². The van der Waals surface area contributed by atoms with Gasteiger partial charge in [-0.3, -0.25) is 24.6 Å². The minimum Gasteiger partial charge on any atom is -0.495 e. The highest BCUT2D eigenvalue weighted by atomic mass is 16.6. The third-order valence-corrected chi connectivity index (χ3v) is 7.70. The third kappa shape index (κ3) is 7.40. The maximum absolute atomic E-state index is 13.5. The van der Waals surface area contributed by atoms with Crippen LogP contribution in [-0.2, 0) is 4.74 Å². The molecule has 43 heavy (non-hydrogen) atoms. The lowest BCUT2D eigenvalue weighted by Gasteiger charge is -2.38. The molecule has 3 aromatic carbocycles. The van der Waals surface area contributed by atoms with Crippen LogP contribution in [0.1, 0.15) is 20.7 Å². The van der Waals surface area contributed by atoms with E-state index >= 15 is 0 Å². The minimum absolute atomic E-state index is 0.0947. The van der Waals surface area contributed by atoms with E-state index in [0.29, 0.717) is 44.1 Å². The number of anilines is 3. The van der Waals surface area contributed by atoms with Crippen molar-refractivity contribution in [2.75, 3.05) is 87.8 Å². The molecule has 0 saturated carbocycles. The van der Waals surface area contributed by atoms with E-state index in [2.05, 4.69) is 25.3 Å². The Kier molecular flexibility index (Phi) is 9.70. The van der Waals surface area contributed by atoms with Gasteiger partial charge in [0.25, 0.3) is 17.5 Å². The summed E-state index contributed by atoms with van der Waals surface area (Å²) in [6.07, 6.45) is 0. The molecule has 0 unspecified atom stereocenters. The zero-order valence-electron chi connectivity index (χ0n) is 24.2. The van der Waals surface area contributed by atoms with Crippen LogP contribution in [0.4, 0.5) is 22.7 Å². The van der Waals surface area contributed by atoms with Gasteiger partial charge in [-0.25, -0.2) is 0 Å². The Morgan fingerprint density at radius 1 is 0.884 bits per heavy atom. The highest BCUT2D eigenvalue weighted by molar-refractivity contribution is 6.06. The molecule has 226 valence electrons. The maximum atomic E-state index is 13.5. The van der Waals surface area contributed by atoms with Gasteiger partial charge in [0, 0.05) is 81.4 Å². The summed E-state index contributed by atoms with van der Waals surface area (Å²) < 4.78 is 11.0. The largest absolute Gasteiger partial charge is 0.495 e. The molecule has 0 bridgehead atoms. The third-order valence-electron chi connectivity index (χ3n) is 7.70. The Hall–Kier alpha value is -4.68. The molecule has 2 fully saturated rings. The molecule has 12 heteroatoms. The first-order valence-electron chi connectivity index (χ1n) is 14.3. The molecule has 0 atom stereocenters. The zero-order chi connectivity index (χ0) is 30.2. The van der Waals surface area contributed by atoms with Crippen molar-refractivity contribution in [1.82, 2.24) is 10.2 Å². The van der Waals surface area contributed by atoms with Gasteiger partial charge >= 0.3 is 0 Å². The van der Waals surface area contributed by atoms with Crippen LogP contribution >= 0.6 is 0 Å². The van der Waals surface area contributed by atoms with Crippen molar-refractivity contribution in [2.24, 2.45) is 0 Å². The number of para-hydroxylation sites is 2. The fourth-order valence-corrected chi connectivity index (χ4v) is 5.34. The monoisotopic (exact) mass is 588 g/mol. The van der Waals surface area contributed by atoms with Crippen molar-refractivity contribution in [2.45, 2.75) is 0 Å². The number of non-ortho nitro benzene ring substituents is 1. The van der Waals surface area contributed by atoms with E-state index in [1.54, 1.807) is 19.2 Å². The van der Waals surface area contributed by atoms with Crippen molar-refractivity contribution in [1.29, 1.82) is 0 Å². The quantitative estimate of drug-likeness (QED) is 0.271. The minimum atomic E-state index is -0.513. The van der Waals surface area contributed by atoms with Crippen LogP contribution in [0.15, 0.2) is 66.7 Å². The second-order valence-corrected chi connectivity index (χ2v) is 10.3. The Morgan fingerprint density at radius 3 is 2.23 bits per heavy atom. The number of hydrogen-bond donors (Lipinski definition) is 2. The Balaban J connectivity index is 1.31. The number of nitro benzene ring substituents is 1. The van der Waals surface area contributed by atoms with Crippen molar-refractivity contribution in [3.8, 4) is 5.75 Å². The summed E-state index contributed by atoms with van der Waals surface area (Å²) in [5, 5.41) is 16.9. The van der Waals surface area contributed by atoms with Gasteiger partial charge in [-0.2, -0.15) is 0 Å². The van der Waals surface area contributed by atoms with Gasteiger partial charge in [-0.15, -0.1) is 0 Å². The molecule has 3 aromatic rings. The van der Waals surface area contributed by atoms with Crippen molar-refractivity contribution >= 4 is 34.6 Å². The Labute approximate surface area is 250 Å². The summed E-state index contributed by atoms with van der Waals surface area (Å²) in [7, 11) is 1.67. The number of piperazine rings is 1. The molecule has 2 amide bonds. The molecule has 2 saturated heterocycles. The van der Waals surface area contributed by atoms with Gasteiger partial charge < -0.3 is 29.9 Å². The van der Waals surface area contributed by atoms with Crippen LogP contribution < -0.4 is 25.2 Å². The van der Waals surface area contributed by atoms with E-state index in [0.717, 1.165) is 49.8 Å². The Morgan fingerprint density at radius 2 is 1.56 bits per heavy atom. The number of nitrogens with zero attached hydrogens (tertiary/aromatic N) is 4. The number of carbonyl (C=O) groups excluding carboxylic acids is 2. The highest BCUT2D eigenvalue weighted by Gasteiger charge is 2.24. The number of carbonyl (C=O) groups is 2. The Bertz CT molecular complexity index is 1430. The maximum Gasteiger partial charge on any atom is 0.269 e. The van der Waals surface area contributed by atoms with E-state index in [4.69, 9.17) is 9.47 Å². The number of rotatable bonds is 10. The summed E-state index contributed by atoms with van der Waals surface area (Å²) in [5.41, 5.74) is 2.93. The van der Waals surface area contributed by atoms with Gasteiger partial charge in [0.2, 0.25) is 0 Å². The standard InChI is InChI=1S/C31H36N6O6/c1-42-29-5-3-2-4-28(29)36-16-14-35(15-17-36)27-11-8-24(33-30(38)23-6-9-25(10-7-23)37(40)41)22-26(27)31(39)32-12-13-34-18-20-43-21-19-34/h2-11,22H,12-21H2,1H3,(H,32,39)(H,33,38). The fraction of sp³-hybridized carbons (Fsp3) is 0.355. The number of morpholine rings is 1. The second-order valence-electron chi connectivity index (χ2n) is 10.3. The number of nitro groups is 1. The molecule has 2 aliphatic heterocycles. The van der Waals surface area contributed by atoms with Crippen LogP contribution in [0.5, 0.6) is 5.75 Å². The molecule has 2 aliphatic rings. The molecule has 2 N–H and O–H groups in total. The van der Waals surface area contributed by atoms with E-state index in [9.17, 15) is 19.7 Å². The first-order valence-corrected chi connectivity index (χ1v) is 14.3. The first-order chi connectivity index (χ1) is 20.9. The topological polar surface area (TPSA) is 130 Å². The highest BCUT2D eigenvalue weighted by Crippen LogP contribution is 2.31. The van der Waals surface area contributed by atoms with Gasteiger partial charge in [-0.05, 0) is 42.5 Å². The first kappa shape index (κ1) is 29.8. The van der Waals surface area contributed by atoms with Crippen LogP contribution in [0.25, 0.3) is 0 Å². The molecule has 12 nitrogen and oxygen atoms in total. The van der Waals surface area contributed by atoms with E-state index in [1.165, 1.54) is 24.3 Å². The molecule has 0 aromatic heterocycles. The summed E-state index contributed by atoms with van der Waals surface area (Å²) in [4.78, 5) is 43.6. The molecule has 0 radical (unpaired) electrons. The molecule has 0 spiro atoms. The molecular formula is C31H36N6O6. The second kappa shape index (κ2) is 14.0. The fourth-order valence-electron chi connectivity index (χ4n) is 5.34. The van der Waals surface area contributed by atoms with Crippen LogP contribution in [0.2, 0.25) is 0 Å². The lowest BCUT2D eigenvalue weighted by Crippen LogP contribution is -2.47. The van der Waals surface area contributed by atoms with Gasteiger partial charge in [0.05, 0.1) is 36.5 Å². The number of methoxy groups -OCH3 is 1. The average molecular weight is 589 g/mol.